The highest BCUT2D eigenvalue weighted by Gasteiger charge is 2.32. The van der Waals surface area contributed by atoms with Crippen LogP contribution in [0.4, 0.5) is 0 Å². The minimum atomic E-state index is -0.402. The lowest BCUT2D eigenvalue weighted by atomic mass is 10.1. The summed E-state index contributed by atoms with van der Waals surface area (Å²) in [5, 5.41) is 14.2. The predicted molar refractivity (Wildman–Crippen MR) is 111 cm³/mol. The lowest BCUT2D eigenvalue weighted by Gasteiger charge is -2.20. The fourth-order valence-corrected chi connectivity index (χ4v) is 3.91. The van der Waals surface area contributed by atoms with E-state index >= 15 is 0 Å². The number of rotatable bonds is 3. The average Bonchev–Trinajstić information content (AvgIpc) is 3.23. The second kappa shape index (κ2) is 6.66. The Morgan fingerprint density at radius 1 is 1.22 bits per heavy atom. The third-order valence-electron chi connectivity index (χ3n) is 4.77. The highest BCUT2D eigenvalue weighted by atomic mass is 32.2. The van der Waals surface area contributed by atoms with Crippen LogP contribution in [0.25, 0.3) is 11.8 Å². The average molecular weight is 377 g/mol. The van der Waals surface area contributed by atoms with Gasteiger partial charge >= 0.3 is 0 Å². The van der Waals surface area contributed by atoms with Gasteiger partial charge in [-0.1, -0.05) is 19.1 Å². The summed E-state index contributed by atoms with van der Waals surface area (Å²) in [4.78, 5) is 16.4. The molecule has 0 radical (unpaired) electrons. The van der Waals surface area contributed by atoms with Crippen molar-refractivity contribution >= 4 is 40.3 Å². The zero-order chi connectivity index (χ0) is 19.1. The first-order valence-electron chi connectivity index (χ1n) is 8.70. The van der Waals surface area contributed by atoms with Gasteiger partial charge in [-0.05, 0) is 67.4 Å². The maximum atomic E-state index is 12.4. The van der Waals surface area contributed by atoms with E-state index in [1.54, 1.807) is 11.6 Å². The Labute approximate surface area is 161 Å². The summed E-state index contributed by atoms with van der Waals surface area (Å²) < 4.78 is 2.15. The molecule has 2 aliphatic rings. The molecule has 0 saturated heterocycles. The molecule has 0 spiro atoms. The number of amides is 1. The van der Waals surface area contributed by atoms with Crippen LogP contribution in [0.3, 0.4) is 0 Å². The number of nitrogens with zero attached hydrogens (tertiary/aromatic N) is 4. The number of thioether (sulfide) groups is 1. The second-order valence-corrected chi connectivity index (χ2v) is 7.25. The predicted octanol–water partition coefficient (Wildman–Crippen LogP) is 3.91. The van der Waals surface area contributed by atoms with Crippen molar-refractivity contribution in [2.75, 3.05) is 0 Å². The van der Waals surface area contributed by atoms with Crippen LogP contribution in [0.2, 0.25) is 0 Å². The molecule has 1 aromatic heterocycles. The van der Waals surface area contributed by atoms with Crippen LogP contribution in [0, 0.1) is 19.3 Å². The highest BCUT2D eigenvalue weighted by Crippen LogP contribution is 2.27. The fraction of sp³-hybridized carbons (Fsp3) is 0.200. The van der Waals surface area contributed by atoms with Crippen molar-refractivity contribution < 1.29 is 4.79 Å². The van der Waals surface area contributed by atoms with Crippen LogP contribution in [0.1, 0.15) is 29.4 Å². The van der Waals surface area contributed by atoms with Crippen molar-refractivity contribution in [3.8, 4) is 5.69 Å². The molecular formula is C20H19N5OS. The molecule has 1 aromatic carbocycles. The van der Waals surface area contributed by atoms with Crippen LogP contribution in [-0.4, -0.2) is 32.0 Å². The zero-order valence-electron chi connectivity index (χ0n) is 15.4. The maximum absolute atomic E-state index is 12.4. The van der Waals surface area contributed by atoms with Gasteiger partial charge in [0.05, 0.1) is 11.1 Å². The number of aromatic nitrogens is 1. The molecule has 0 unspecified atom stereocenters. The third-order valence-corrected chi connectivity index (χ3v) is 5.44. The summed E-state index contributed by atoms with van der Waals surface area (Å²) in [6.45, 7) is 6.19. The number of carbonyl (C=O) groups excluding carboxylic acids is 1. The van der Waals surface area contributed by atoms with E-state index in [0.29, 0.717) is 5.17 Å². The molecule has 0 aliphatic carbocycles. The molecule has 4 rings (SSSR count). The Morgan fingerprint density at radius 3 is 2.67 bits per heavy atom. The molecule has 2 aromatic rings. The van der Waals surface area contributed by atoms with E-state index in [1.807, 2.05) is 19.9 Å². The summed E-state index contributed by atoms with van der Waals surface area (Å²) >= 11 is 1.24. The van der Waals surface area contributed by atoms with Gasteiger partial charge in [-0.3, -0.25) is 10.2 Å². The van der Waals surface area contributed by atoms with E-state index in [-0.39, 0.29) is 11.4 Å². The van der Waals surface area contributed by atoms with Gasteiger partial charge in [-0.25, -0.2) is 0 Å². The molecule has 7 heteroatoms. The number of nitrogens with one attached hydrogen (secondary N) is 1. The molecule has 6 nitrogen and oxygen atoms in total. The van der Waals surface area contributed by atoms with Gasteiger partial charge in [0.15, 0.2) is 11.0 Å². The Morgan fingerprint density at radius 2 is 1.96 bits per heavy atom. The molecule has 0 saturated carbocycles. The van der Waals surface area contributed by atoms with Crippen molar-refractivity contribution in [1.82, 2.24) is 9.58 Å². The summed E-state index contributed by atoms with van der Waals surface area (Å²) in [6, 6.07) is 10.5. The summed E-state index contributed by atoms with van der Waals surface area (Å²) in [5.74, 6) is -0.343. The Balaban J connectivity index is 1.75. The molecule has 27 heavy (non-hydrogen) atoms. The van der Waals surface area contributed by atoms with Gasteiger partial charge in [0.25, 0.3) is 5.91 Å². The number of hydrogen-bond acceptors (Lipinski definition) is 4. The first kappa shape index (κ1) is 17.5. The van der Waals surface area contributed by atoms with E-state index in [1.165, 1.54) is 22.3 Å². The zero-order valence-corrected chi connectivity index (χ0v) is 16.2. The van der Waals surface area contributed by atoms with Gasteiger partial charge in [0.1, 0.15) is 0 Å². The highest BCUT2D eigenvalue weighted by molar-refractivity contribution is 8.25. The van der Waals surface area contributed by atoms with Crippen molar-refractivity contribution in [2.45, 2.75) is 27.2 Å². The minimum absolute atomic E-state index is 0.0587. The van der Waals surface area contributed by atoms with Gasteiger partial charge in [-0.15, -0.1) is 0 Å². The van der Waals surface area contributed by atoms with Crippen LogP contribution in [0.5, 0.6) is 0 Å². The van der Waals surface area contributed by atoms with Gasteiger partial charge in [-0.2, -0.15) is 15.1 Å². The van der Waals surface area contributed by atoms with Crippen LogP contribution in [-0.2, 0) is 11.2 Å². The molecule has 0 bridgehead atoms. The van der Waals surface area contributed by atoms with E-state index < -0.39 is 5.91 Å². The SMILES string of the molecule is CCc1ccc(-n2c(C)cc(/C=C3/C(=N)N4N=CSC4=NC3=O)c2C)cc1. The van der Waals surface area contributed by atoms with Gasteiger partial charge in [0.2, 0.25) is 0 Å². The smallest absolute Gasteiger partial charge is 0.283 e. The summed E-state index contributed by atoms with van der Waals surface area (Å²) in [5.41, 5.74) is 7.18. The van der Waals surface area contributed by atoms with Gasteiger partial charge in [0, 0.05) is 17.1 Å². The number of carbonyl (C=O) groups is 1. The number of amidine groups is 2. The number of hydrogen-bond donors (Lipinski definition) is 1. The van der Waals surface area contributed by atoms with Crippen molar-refractivity contribution in [2.24, 2.45) is 10.1 Å². The normalized spacial score (nSPS) is 17.7. The van der Waals surface area contributed by atoms with Crippen molar-refractivity contribution in [3.05, 3.63) is 58.4 Å². The topological polar surface area (TPSA) is 73.8 Å². The van der Waals surface area contributed by atoms with E-state index in [2.05, 4.69) is 45.9 Å². The van der Waals surface area contributed by atoms with Crippen LogP contribution < -0.4 is 0 Å². The summed E-state index contributed by atoms with van der Waals surface area (Å²) in [7, 11) is 0. The van der Waals surface area contributed by atoms with E-state index in [0.717, 1.165) is 29.1 Å². The van der Waals surface area contributed by atoms with Crippen LogP contribution in [0.15, 0.2) is 46.0 Å². The molecule has 136 valence electrons. The van der Waals surface area contributed by atoms with E-state index in [9.17, 15) is 4.79 Å². The lowest BCUT2D eigenvalue weighted by molar-refractivity contribution is -0.114. The first-order valence-corrected chi connectivity index (χ1v) is 9.58. The van der Waals surface area contributed by atoms with Gasteiger partial charge < -0.3 is 4.57 Å². The molecule has 0 atom stereocenters. The summed E-state index contributed by atoms with van der Waals surface area (Å²) in [6.07, 6.45) is 2.74. The van der Waals surface area contributed by atoms with Crippen molar-refractivity contribution in [1.29, 1.82) is 5.41 Å². The number of benzene rings is 1. The lowest BCUT2D eigenvalue weighted by Crippen LogP contribution is -2.35. The Hall–Kier alpha value is -2.93. The minimum Gasteiger partial charge on any atom is -0.318 e. The molecule has 1 N–H and O–H groups in total. The maximum Gasteiger partial charge on any atom is 0.283 e. The number of aliphatic imine (C=N–C) groups is 1. The Kier molecular flexibility index (Phi) is 4.31. The standard InChI is InChI=1S/C20H19N5OS/c1-4-14-5-7-16(8-6-14)24-12(2)9-15(13(24)3)10-17-18(21)25-20(23-19(17)26)27-11-22-25/h5-11,21H,4H2,1-3H3/b17-10-,21-18?. The molecule has 0 fully saturated rings. The monoisotopic (exact) mass is 377 g/mol. The van der Waals surface area contributed by atoms with Crippen LogP contribution >= 0.6 is 11.8 Å². The number of hydrazone groups is 1. The third kappa shape index (κ3) is 2.94. The first-order chi connectivity index (χ1) is 13.0. The molecular weight excluding hydrogens is 358 g/mol. The second-order valence-electron chi connectivity index (χ2n) is 6.44. The fourth-order valence-electron chi connectivity index (χ4n) is 3.30. The number of aryl methyl sites for hydroxylation is 2. The molecule has 3 heterocycles. The molecule has 2 aliphatic heterocycles. The number of fused-ring (bicyclic) bond motifs is 1. The van der Waals surface area contributed by atoms with E-state index in [4.69, 9.17) is 5.41 Å². The van der Waals surface area contributed by atoms with Crippen molar-refractivity contribution in [3.63, 3.8) is 0 Å². The Bertz CT molecular complexity index is 1040. The molecule has 1 amide bonds. The quantitative estimate of drug-likeness (QED) is 0.824. The largest absolute Gasteiger partial charge is 0.318 e.